The van der Waals surface area contributed by atoms with Crippen LogP contribution in [0.2, 0.25) is 5.15 Å². The van der Waals surface area contributed by atoms with Crippen molar-refractivity contribution in [3.05, 3.63) is 10.0 Å². The van der Waals surface area contributed by atoms with Crippen LogP contribution < -0.4 is 10.2 Å². The number of carbonyl (C=O) groups excluding carboxylic acids is 1. The van der Waals surface area contributed by atoms with Crippen molar-refractivity contribution in [2.75, 3.05) is 37.6 Å². The number of fused-ring (bicyclic) bond motifs is 1. The lowest BCUT2D eigenvalue weighted by atomic mass is 9.88. The fraction of sp³-hybridized carbons (Fsp3) is 0.750. The highest BCUT2D eigenvalue weighted by molar-refractivity contribution is 7.16. The second-order valence-electron chi connectivity index (χ2n) is 6.73. The third-order valence-corrected chi connectivity index (χ3v) is 6.96. The summed E-state index contributed by atoms with van der Waals surface area (Å²) in [4.78, 5) is 22.7. The van der Waals surface area contributed by atoms with Crippen molar-refractivity contribution in [2.24, 2.45) is 0 Å². The number of aromatic nitrogens is 1. The summed E-state index contributed by atoms with van der Waals surface area (Å²) in [5.41, 5.74) is 0. The summed E-state index contributed by atoms with van der Waals surface area (Å²) in [6, 6.07) is -0.0432. The van der Waals surface area contributed by atoms with Crippen LogP contribution in [0.25, 0.3) is 0 Å². The highest BCUT2D eigenvalue weighted by atomic mass is 35.5. The Labute approximate surface area is 146 Å². The van der Waals surface area contributed by atoms with E-state index in [-0.39, 0.29) is 11.9 Å². The Balaban J connectivity index is 1.54. The Kier molecular flexibility index (Phi) is 4.58. The van der Waals surface area contributed by atoms with Crippen molar-refractivity contribution in [2.45, 2.75) is 44.1 Å². The zero-order valence-corrected chi connectivity index (χ0v) is 14.8. The van der Waals surface area contributed by atoms with Crippen molar-refractivity contribution >= 4 is 34.0 Å². The number of hydrogen-bond donors (Lipinski definition) is 1. The molecule has 3 fully saturated rings. The molecule has 2 aliphatic heterocycles. The fourth-order valence-corrected chi connectivity index (χ4v) is 5.56. The molecule has 2 saturated heterocycles. The highest BCUT2D eigenvalue weighted by Crippen LogP contribution is 2.42. The molecule has 4 rings (SSSR count). The minimum absolute atomic E-state index is 0.0432. The molecule has 0 aromatic carbocycles. The third kappa shape index (κ3) is 3.02. The summed E-state index contributed by atoms with van der Waals surface area (Å²) in [7, 11) is 0. The van der Waals surface area contributed by atoms with Gasteiger partial charge in [-0.3, -0.25) is 14.6 Å². The van der Waals surface area contributed by atoms with Crippen molar-refractivity contribution < 1.29 is 4.79 Å². The van der Waals surface area contributed by atoms with E-state index >= 15 is 0 Å². The maximum atomic E-state index is 12.8. The first-order valence-corrected chi connectivity index (χ1v) is 9.86. The van der Waals surface area contributed by atoms with E-state index in [4.69, 9.17) is 11.6 Å². The molecule has 1 atom stereocenters. The smallest absolute Gasteiger partial charge is 0.247 e. The second kappa shape index (κ2) is 6.67. The molecule has 1 aromatic rings. The molecule has 1 aliphatic carbocycles. The van der Waals surface area contributed by atoms with E-state index in [1.54, 1.807) is 11.3 Å². The van der Waals surface area contributed by atoms with Gasteiger partial charge in [0.15, 0.2) is 5.13 Å². The number of rotatable bonds is 2. The lowest BCUT2D eigenvalue weighted by Crippen LogP contribution is -2.64. The molecule has 7 heteroatoms. The Morgan fingerprint density at radius 1 is 1.17 bits per heavy atom. The molecule has 1 aromatic heterocycles. The Morgan fingerprint density at radius 2 is 2.00 bits per heavy atom. The minimum atomic E-state index is -0.0432. The molecule has 0 radical (unpaired) electrons. The van der Waals surface area contributed by atoms with Gasteiger partial charge in [-0.1, -0.05) is 42.2 Å². The molecular weight excluding hydrogens is 332 g/mol. The van der Waals surface area contributed by atoms with Gasteiger partial charge < -0.3 is 5.32 Å². The molecule has 0 unspecified atom stereocenters. The van der Waals surface area contributed by atoms with Crippen LogP contribution in [0.4, 0.5) is 5.13 Å². The second-order valence-corrected chi connectivity index (χ2v) is 8.10. The van der Waals surface area contributed by atoms with Crippen LogP contribution in [-0.4, -0.2) is 54.6 Å². The van der Waals surface area contributed by atoms with Gasteiger partial charge in [-0.15, -0.1) is 0 Å². The van der Waals surface area contributed by atoms with Gasteiger partial charge in [0.25, 0.3) is 0 Å². The van der Waals surface area contributed by atoms with Crippen molar-refractivity contribution in [3.8, 4) is 0 Å². The van der Waals surface area contributed by atoms with Crippen molar-refractivity contribution in [1.29, 1.82) is 0 Å². The van der Waals surface area contributed by atoms with Crippen LogP contribution in [0.5, 0.6) is 0 Å². The van der Waals surface area contributed by atoms with Crippen molar-refractivity contribution in [3.63, 3.8) is 0 Å². The van der Waals surface area contributed by atoms with Gasteiger partial charge in [0.1, 0.15) is 11.2 Å². The number of anilines is 1. The SMILES string of the molecule is O=C1[C@H]2CNCCN2CCN1c1nc(Cl)c(C2CCCCC2)s1. The van der Waals surface area contributed by atoms with Crippen LogP contribution in [0, 0.1) is 0 Å². The first-order valence-electron chi connectivity index (χ1n) is 8.66. The minimum Gasteiger partial charge on any atom is -0.313 e. The monoisotopic (exact) mass is 354 g/mol. The van der Waals surface area contributed by atoms with Crippen LogP contribution in [0.15, 0.2) is 0 Å². The number of carbonyl (C=O) groups is 1. The van der Waals surface area contributed by atoms with E-state index < -0.39 is 0 Å². The average molecular weight is 355 g/mol. The molecule has 1 saturated carbocycles. The normalized spacial score (nSPS) is 27.3. The molecular formula is C16H23ClN4OS. The summed E-state index contributed by atoms with van der Waals surface area (Å²) in [5.74, 6) is 0.708. The molecule has 1 amide bonds. The predicted molar refractivity (Wildman–Crippen MR) is 93.5 cm³/mol. The fourth-order valence-electron chi connectivity index (χ4n) is 4.00. The van der Waals surface area contributed by atoms with Gasteiger partial charge in [-0.2, -0.15) is 0 Å². The molecule has 5 nitrogen and oxygen atoms in total. The number of nitrogens with zero attached hydrogens (tertiary/aromatic N) is 3. The molecule has 0 bridgehead atoms. The van der Waals surface area contributed by atoms with E-state index in [0.29, 0.717) is 11.1 Å². The quantitative estimate of drug-likeness (QED) is 0.886. The summed E-state index contributed by atoms with van der Waals surface area (Å²) in [5, 5.41) is 4.74. The number of amides is 1. The maximum absolute atomic E-state index is 12.8. The van der Waals surface area contributed by atoms with E-state index in [1.165, 1.54) is 37.0 Å². The van der Waals surface area contributed by atoms with Crippen LogP contribution in [-0.2, 0) is 4.79 Å². The maximum Gasteiger partial charge on any atom is 0.247 e. The molecule has 1 N–H and O–H groups in total. The van der Waals surface area contributed by atoms with Gasteiger partial charge >= 0.3 is 0 Å². The Morgan fingerprint density at radius 3 is 2.83 bits per heavy atom. The lowest BCUT2D eigenvalue weighted by molar-refractivity contribution is -0.126. The number of nitrogens with one attached hydrogen (secondary N) is 1. The summed E-state index contributed by atoms with van der Waals surface area (Å²) < 4.78 is 0. The third-order valence-electron chi connectivity index (χ3n) is 5.32. The number of hydrogen-bond acceptors (Lipinski definition) is 5. The van der Waals surface area contributed by atoms with Crippen LogP contribution >= 0.6 is 22.9 Å². The predicted octanol–water partition coefficient (Wildman–Crippen LogP) is 2.46. The molecule has 126 valence electrons. The van der Waals surface area contributed by atoms with Gasteiger partial charge in [0.2, 0.25) is 5.91 Å². The van der Waals surface area contributed by atoms with E-state index in [9.17, 15) is 4.79 Å². The summed E-state index contributed by atoms with van der Waals surface area (Å²) >= 11 is 8.06. The van der Waals surface area contributed by atoms with E-state index in [0.717, 1.165) is 37.9 Å². The molecule has 3 heterocycles. The van der Waals surface area contributed by atoms with Crippen LogP contribution in [0.1, 0.15) is 42.9 Å². The van der Waals surface area contributed by atoms with Crippen molar-refractivity contribution in [1.82, 2.24) is 15.2 Å². The number of thiazole rings is 1. The van der Waals surface area contributed by atoms with Crippen LogP contribution in [0.3, 0.4) is 0 Å². The van der Waals surface area contributed by atoms with Gasteiger partial charge in [0, 0.05) is 37.6 Å². The molecule has 23 heavy (non-hydrogen) atoms. The van der Waals surface area contributed by atoms with Gasteiger partial charge in [-0.25, -0.2) is 4.98 Å². The summed E-state index contributed by atoms with van der Waals surface area (Å²) in [6.07, 6.45) is 6.29. The lowest BCUT2D eigenvalue weighted by Gasteiger charge is -2.42. The summed E-state index contributed by atoms with van der Waals surface area (Å²) in [6.45, 7) is 4.32. The molecule has 0 spiro atoms. The zero-order chi connectivity index (χ0) is 15.8. The zero-order valence-electron chi connectivity index (χ0n) is 13.3. The van der Waals surface area contributed by atoms with E-state index in [1.807, 2.05) is 4.90 Å². The number of halogens is 1. The first kappa shape index (κ1) is 15.8. The topological polar surface area (TPSA) is 48.5 Å². The Bertz CT molecular complexity index is 587. The van der Waals surface area contributed by atoms with Gasteiger partial charge in [0.05, 0.1) is 0 Å². The van der Waals surface area contributed by atoms with Gasteiger partial charge in [-0.05, 0) is 18.8 Å². The largest absolute Gasteiger partial charge is 0.313 e. The average Bonchev–Trinajstić information content (AvgIpc) is 2.98. The standard InChI is InChI=1S/C16H23ClN4OS/c17-14-13(11-4-2-1-3-5-11)23-16(19-14)21-9-8-20-7-6-18-10-12(20)15(21)22/h11-12,18H,1-10H2/t12-/m1/s1. The Hall–Kier alpha value is -0.690. The van der Waals surface area contributed by atoms with E-state index in [2.05, 4.69) is 15.2 Å². The first-order chi connectivity index (χ1) is 11.2. The molecule has 3 aliphatic rings. The highest BCUT2D eigenvalue weighted by Gasteiger charge is 2.38. The number of piperazine rings is 2.